The molecular weight excluding hydrogens is 186 g/mol. The first-order valence-electron chi connectivity index (χ1n) is 5.60. The molecule has 0 bridgehead atoms. The van der Waals surface area contributed by atoms with E-state index in [1.807, 2.05) is 20.0 Å². The number of nitriles is 1. The fourth-order valence-electron chi connectivity index (χ4n) is 2.15. The van der Waals surface area contributed by atoms with Gasteiger partial charge in [0.15, 0.2) is 0 Å². The predicted molar refractivity (Wildman–Crippen MR) is 58.4 cm³/mol. The Kier molecular flexibility index (Phi) is 2.52. The van der Waals surface area contributed by atoms with E-state index in [9.17, 15) is 0 Å². The number of hydrogen-bond acceptors (Lipinski definition) is 2. The Labute approximate surface area is 90.5 Å². The van der Waals surface area contributed by atoms with Crippen molar-refractivity contribution in [2.75, 3.05) is 0 Å². The SMILES string of the molecule is CC(C)(C#N)c1ncc(C2CCCC2)[nH]1. The van der Waals surface area contributed by atoms with Gasteiger partial charge in [0.1, 0.15) is 11.2 Å². The van der Waals surface area contributed by atoms with Crippen molar-refractivity contribution in [1.29, 1.82) is 5.26 Å². The topological polar surface area (TPSA) is 52.5 Å². The minimum Gasteiger partial charge on any atom is -0.344 e. The van der Waals surface area contributed by atoms with E-state index in [1.54, 1.807) is 0 Å². The summed E-state index contributed by atoms with van der Waals surface area (Å²) in [5.74, 6) is 1.44. The summed E-state index contributed by atoms with van der Waals surface area (Å²) in [5.41, 5.74) is 0.711. The quantitative estimate of drug-likeness (QED) is 0.803. The highest BCUT2D eigenvalue weighted by molar-refractivity contribution is 5.20. The van der Waals surface area contributed by atoms with Crippen LogP contribution in [0.5, 0.6) is 0 Å². The molecule has 3 nitrogen and oxygen atoms in total. The Hall–Kier alpha value is -1.30. The van der Waals surface area contributed by atoms with Crippen LogP contribution >= 0.6 is 0 Å². The molecule has 0 radical (unpaired) electrons. The average molecular weight is 203 g/mol. The van der Waals surface area contributed by atoms with Crippen molar-refractivity contribution in [3.63, 3.8) is 0 Å². The van der Waals surface area contributed by atoms with E-state index in [2.05, 4.69) is 16.0 Å². The molecule has 1 heterocycles. The number of imidazole rings is 1. The fourth-order valence-corrected chi connectivity index (χ4v) is 2.15. The summed E-state index contributed by atoms with van der Waals surface area (Å²) in [7, 11) is 0. The number of nitrogens with zero attached hydrogens (tertiary/aromatic N) is 2. The third-order valence-electron chi connectivity index (χ3n) is 3.26. The zero-order chi connectivity index (χ0) is 10.9. The first kappa shape index (κ1) is 10.2. The summed E-state index contributed by atoms with van der Waals surface area (Å²) >= 11 is 0. The van der Waals surface area contributed by atoms with Crippen molar-refractivity contribution >= 4 is 0 Å². The van der Waals surface area contributed by atoms with Crippen molar-refractivity contribution in [2.45, 2.75) is 50.9 Å². The predicted octanol–water partition coefficient (Wildman–Crippen LogP) is 2.87. The minimum absolute atomic E-state index is 0.503. The lowest BCUT2D eigenvalue weighted by molar-refractivity contribution is 0.628. The second kappa shape index (κ2) is 3.69. The maximum Gasteiger partial charge on any atom is 0.126 e. The minimum atomic E-state index is -0.503. The monoisotopic (exact) mass is 203 g/mol. The Morgan fingerprint density at radius 2 is 2.13 bits per heavy atom. The third-order valence-corrected chi connectivity index (χ3v) is 3.26. The van der Waals surface area contributed by atoms with Crippen LogP contribution < -0.4 is 0 Å². The van der Waals surface area contributed by atoms with Gasteiger partial charge in [0.25, 0.3) is 0 Å². The van der Waals surface area contributed by atoms with Gasteiger partial charge >= 0.3 is 0 Å². The van der Waals surface area contributed by atoms with Gasteiger partial charge < -0.3 is 4.98 Å². The standard InChI is InChI=1S/C12H17N3/c1-12(2,8-13)11-14-7-10(15-11)9-5-3-4-6-9/h7,9H,3-6H2,1-2H3,(H,14,15). The summed E-state index contributed by atoms with van der Waals surface area (Å²) in [4.78, 5) is 7.64. The lowest BCUT2D eigenvalue weighted by Gasteiger charge is -2.11. The normalized spacial score (nSPS) is 17.9. The van der Waals surface area contributed by atoms with Crippen molar-refractivity contribution in [1.82, 2.24) is 9.97 Å². The lowest BCUT2D eigenvalue weighted by atomic mass is 9.95. The number of H-pyrrole nitrogens is 1. The molecule has 1 N–H and O–H groups in total. The first-order valence-corrected chi connectivity index (χ1v) is 5.60. The van der Waals surface area contributed by atoms with Crippen LogP contribution in [-0.2, 0) is 5.41 Å². The highest BCUT2D eigenvalue weighted by Crippen LogP contribution is 2.33. The van der Waals surface area contributed by atoms with Crippen molar-refractivity contribution in [2.24, 2.45) is 0 Å². The number of hydrogen-bond donors (Lipinski definition) is 1. The van der Waals surface area contributed by atoms with E-state index in [4.69, 9.17) is 5.26 Å². The molecule has 0 spiro atoms. The van der Waals surface area contributed by atoms with Gasteiger partial charge in [-0.3, -0.25) is 0 Å². The van der Waals surface area contributed by atoms with E-state index in [0.29, 0.717) is 5.92 Å². The van der Waals surface area contributed by atoms with Gasteiger partial charge in [-0.05, 0) is 26.7 Å². The first-order chi connectivity index (χ1) is 7.13. The van der Waals surface area contributed by atoms with Gasteiger partial charge in [0.2, 0.25) is 0 Å². The molecule has 3 heteroatoms. The van der Waals surface area contributed by atoms with Crippen LogP contribution in [0.3, 0.4) is 0 Å². The Morgan fingerprint density at radius 1 is 1.47 bits per heavy atom. The van der Waals surface area contributed by atoms with Crippen molar-refractivity contribution in [3.05, 3.63) is 17.7 Å². The Balaban J connectivity index is 2.21. The molecule has 0 aliphatic heterocycles. The molecule has 1 aromatic heterocycles. The molecule has 0 unspecified atom stereocenters. The van der Waals surface area contributed by atoms with Crippen LogP contribution in [0.15, 0.2) is 6.20 Å². The van der Waals surface area contributed by atoms with E-state index in [1.165, 1.54) is 31.4 Å². The molecule has 1 aliphatic rings. The van der Waals surface area contributed by atoms with E-state index < -0.39 is 5.41 Å². The fraction of sp³-hybridized carbons (Fsp3) is 0.667. The van der Waals surface area contributed by atoms with Crippen LogP contribution in [0.4, 0.5) is 0 Å². The molecule has 1 aromatic rings. The zero-order valence-corrected chi connectivity index (χ0v) is 9.38. The van der Waals surface area contributed by atoms with Crippen molar-refractivity contribution < 1.29 is 0 Å². The molecule has 1 saturated carbocycles. The van der Waals surface area contributed by atoms with Crippen LogP contribution in [0.25, 0.3) is 0 Å². The largest absolute Gasteiger partial charge is 0.344 e. The number of rotatable bonds is 2. The number of aromatic nitrogens is 2. The average Bonchev–Trinajstić information content (AvgIpc) is 2.88. The second-order valence-electron chi connectivity index (χ2n) is 4.91. The lowest BCUT2D eigenvalue weighted by Crippen LogP contribution is -2.16. The molecular formula is C12H17N3. The summed E-state index contributed by atoms with van der Waals surface area (Å²) in [6.45, 7) is 3.79. The molecule has 2 rings (SSSR count). The van der Waals surface area contributed by atoms with Crippen LogP contribution in [0.2, 0.25) is 0 Å². The summed E-state index contributed by atoms with van der Waals surface area (Å²) in [6.07, 6.45) is 7.06. The maximum absolute atomic E-state index is 9.01. The molecule has 0 saturated heterocycles. The van der Waals surface area contributed by atoms with Crippen LogP contribution in [0.1, 0.15) is 57.0 Å². The van der Waals surface area contributed by atoms with Gasteiger partial charge in [-0.25, -0.2) is 4.98 Å². The van der Waals surface area contributed by atoms with Gasteiger partial charge in [-0.2, -0.15) is 5.26 Å². The highest BCUT2D eigenvalue weighted by atomic mass is 14.9. The number of nitrogens with one attached hydrogen (secondary N) is 1. The van der Waals surface area contributed by atoms with E-state index in [-0.39, 0.29) is 0 Å². The Bertz CT molecular complexity index is 378. The summed E-state index contributed by atoms with van der Waals surface area (Å²) < 4.78 is 0. The zero-order valence-electron chi connectivity index (χ0n) is 9.38. The molecule has 15 heavy (non-hydrogen) atoms. The van der Waals surface area contributed by atoms with Gasteiger partial charge in [0.05, 0.1) is 6.07 Å². The molecule has 0 aromatic carbocycles. The van der Waals surface area contributed by atoms with Crippen LogP contribution in [0, 0.1) is 11.3 Å². The van der Waals surface area contributed by atoms with Gasteiger partial charge in [-0.15, -0.1) is 0 Å². The van der Waals surface area contributed by atoms with Crippen molar-refractivity contribution in [3.8, 4) is 6.07 Å². The maximum atomic E-state index is 9.01. The summed E-state index contributed by atoms with van der Waals surface area (Å²) in [5, 5.41) is 9.01. The van der Waals surface area contributed by atoms with Gasteiger partial charge in [-0.1, -0.05) is 12.8 Å². The molecule has 80 valence electrons. The smallest absolute Gasteiger partial charge is 0.126 e. The molecule has 1 aliphatic carbocycles. The molecule has 1 fully saturated rings. The highest BCUT2D eigenvalue weighted by Gasteiger charge is 2.26. The summed E-state index contributed by atoms with van der Waals surface area (Å²) in [6, 6.07) is 2.27. The van der Waals surface area contributed by atoms with E-state index >= 15 is 0 Å². The third kappa shape index (κ3) is 1.90. The Morgan fingerprint density at radius 3 is 2.73 bits per heavy atom. The molecule has 0 amide bonds. The number of aromatic amines is 1. The van der Waals surface area contributed by atoms with Gasteiger partial charge in [0, 0.05) is 17.8 Å². The molecule has 0 atom stereocenters. The second-order valence-corrected chi connectivity index (χ2v) is 4.91. The van der Waals surface area contributed by atoms with Crippen LogP contribution in [-0.4, -0.2) is 9.97 Å². The van der Waals surface area contributed by atoms with E-state index in [0.717, 1.165) is 5.82 Å².